The minimum Gasteiger partial charge on any atom is -0.497 e. The lowest BCUT2D eigenvalue weighted by Gasteiger charge is -2.12. The topological polar surface area (TPSA) is 69.7 Å². The molecule has 0 aliphatic rings. The van der Waals surface area contributed by atoms with E-state index in [2.05, 4.69) is 26.2 Å². The van der Waals surface area contributed by atoms with Gasteiger partial charge < -0.3 is 19.5 Å². The van der Waals surface area contributed by atoms with Crippen molar-refractivity contribution in [1.82, 2.24) is 10.3 Å². The smallest absolute Gasteiger partial charge is 0.263 e. The van der Waals surface area contributed by atoms with Gasteiger partial charge in [-0.1, -0.05) is 15.9 Å². The molecular formula is C22H23BrN2O4S. The zero-order chi connectivity index (χ0) is 21.7. The van der Waals surface area contributed by atoms with E-state index in [1.165, 1.54) is 11.3 Å². The molecule has 0 aliphatic carbocycles. The Morgan fingerprint density at radius 2 is 1.73 bits per heavy atom. The summed E-state index contributed by atoms with van der Waals surface area (Å²) in [5.74, 6) is 1.97. The van der Waals surface area contributed by atoms with E-state index in [1.54, 1.807) is 21.3 Å². The fourth-order valence-corrected chi connectivity index (χ4v) is 4.45. The van der Waals surface area contributed by atoms with E-state index in [1.807, 2.05) is 43.3 Å². The molecule has 1 N–H and O–H groups in total. The number of nitrogens with zero attached hydrogens (tertiary/aromatic N) is 1. The average molecular weight is 491 g/mol. The van der Waals surface area contributed by atoms with Gasteiger partial charge in [0, 0.05) is 16.6 Å². The summed E-state index contributed by atoms with van der Waals surface area (Å²) >= 11 is 4.93. The summed E-state index contributed by atoms with van der Waals surface area (Å²) in [7, 11) is 4.83. The highest BCUT2D eigenvalue weighted by molar-refractivity contribution is 9.10. The van der Waals surface area contributed by atoms with Gasteiger partial charge in [0.1, 0.15) is 15.6 Å². The molecule has 158 valence electrons. The number of aryl methyl sites for hydroxylation is 1. The lowest BCUT2D eigenvalue weighted by molar-refractivity contribution is 0.0957. The van der Waals surface area contributed by atoms with Crippen molar-refractivity contribution in [3.05, 3.63) is 57.0 Å². The quantitative estimate of drug-likeness (QED) is 0.487. The van der Waals surface area contributed by atoms with Crippen LogP contribution in [-0.4, -0.2) is 38.8 Å². The number of thiazole rings is 1. The molecule has 1 amide bonds. The highest BCUT2D eigenvalue weighted by atomic mass is 79.9. The molecule has 0 unspecified atom stereocenters. The zero-order valence-electron chi connectivity index (χ0n) is 17.2. The van der Waals surface area contributed by atoms with E-state index >= 15 is 0 Å². The molecule has 2 aromatic carbocycles. The Labute approximate surface area is 188 Å². The first-order valence-electron chi connectivity index (χ1n) is 9.27. The number of hydrogen-bond acceptors (Lipinski definition) is 6. The average Bonchev–Trinajstić information content (AvgIpc) is 3.16. The van der Waals surface area contributed by atoms with Crippen molar-refractivity contribution in [2.45, 2.75) is 13.3 Å². The van der Waals surface area contributed by atoms with Gasteiger partial charge in [0.05, 0.1) is 27.0 Å². The molecule has 3 rings (SSSR count). The number of methoxy groups -OCH3 is 3. The summed E-state index contributed by atoms with van der Waals surface area (Å²) in [6.07, 6.45) is 0.649. The molecule has 0 spiro atoms. The standard InChI is InChI=1S/C22H23BrN2O4S/c1-13-20(30-22(25-13)14-5-7-16(27-2)8-6-14)21(26)24-10-9-15-11-18(28-3)19(29-4)12-17(15)23/h5-8,11-12H,9-10H2,1-4H3,(H,24,26). The van der Waals surface area contributed by atoms with Crippen LogP contribution in [0.1, 0.15) is 20.9 Å². The van der Waals surface area contributed by atoms with Gasteiger partial charge in [0.25, 0.3) is 5.91 Å². The third-order valence-electron chi connectivity index (χ3n) is 4.57. The van der Waals surface area contributed by atoms with E-state index in [9.17, 15) is 4.79 Å². The first kappa shape index (κ1) is 22.1. The second-order valence-corrected chi connectivity index (χ2v) is 8.32. The van der Waals surface area contributed by atoms with E-state index in [4.69, 9.17) is 14.2 Å². The van der Waals surface area contributed by atoms with Crippen LogP contribution in [0.25, 0.3) is 10.6 Å². The first-order valence-corrected chi connectivity index (χ1v) is 10.9. The fraction of sp³-hybridized carbons (Fsp3) is 0.273. The van der Waals surface area contributed by atoms with Gasteiger partial charge in [0.2, 0.25) is 0 Å². The molecule has 0 saturated carbocycles. The lowest BCUT2D eigenvalue weighted by atomic mass is 10.1. The van der Waals surface area contributed by atoms with E-state index in [-0.39, 0.29) is 5.91 Å². The number of amides is 1. The molecule has 6 nitrogen and oxygen atoms in total. The van der Waals surface area contributed by atoms with Gasteiger partial charge in [-0.25, -0.2) is 4.98 Å². The lowest BCUT2D eigenvalue weighted by Crippen LogP contribution is -2.25. The number of aromatic nitrogens is 1. The second-order valence-electron chi connectivity index (χ2n) is 6.47. The minimum atomic E-state index is -0.124. The SMILES string of the molecule is COc1ccc(-c2nc(C)c(C(=O)NCCc3cc(OC)c(OC)cc3Br)s2)cc1. The minimum absolute atomic E-state index is 0.124. The summed E-state index contributed by atoms with van der Waals surface area (Å²) in [4.78, 5) is 17.9. The van der Waals surface area contributed by atoms with Gasteiger partial charge in [-0.3, -0.25) is 4.79 Å². The first-order chi connectivity index (χ1) is 14.5. The number of carbonyl (C=O) groups is 1. The number of halogens is 1. The third kappa shape index (κ3) is 4.94. The van der Waals surface area contributed by atoms with Gasteiger partial charge >= 0.3 is 0 Å². The fourth-order valence-electron chi connectivity index (χ4n) is 2.94. The molecule has 8 heteroatoms. The highest BCUT2D eigenvalue weighted by Gasteiger charge is 2.16. The van der Waals surface area contributed by atoms with Crippen molar-refractivity contribution in [3.63, 3.8) is 0 Å². The van der Waals surface area contributed by atoms with Crippen LogP contribution < -0.4 is 19.5 Å². The number of rotatable bonds is 8. The largest absolute Gasteiger partial charge is 0.497 e. The van der Waals surface area contributed by atoms with Crippen molar-refractivity contribution in [2.24, 2.45) is 0 Å². The maximum absolute atomic E-state index is 12.7. The number of nitrogens with one attached hydrogen (secondary N) is 1. The van der Waals surface area contributed by atoms with E-state index in [0.717, 1.165) is 32.1 Å². The van der Waals surface area contributed by atoms with Crippen LogP contribution in [0.5, 0.6) is 17.2 Å². The Bertz CT molecular complexity index is 1030. The van der Waals surface area contributed by atoms with Crippen LogP contribution >= 0.6 is 27.3 Å². The Balaban J connectivity index is 1.66. The van der Waals surface area contributed by atoms with Gasteiger partial charge in [-0.05, 0) is 55.3 Å². The number of hydrogen-bond donors (Lipinski definition) is 1. The summed E-state index contributed by atoms with van der Waals surface area (Å²) in [5.41, 5.74) is 2.70. The van der Waals surface area contributed by atoms with Crippen LogP contribution in [0.4, 0.5) is 0 Å². The summed E-state index contributed by atoms with van der Waals surface area (Å²) in [5, 5.41) is 3.79. The second kappa shape index (κ2) is 9.95. The monoisotopic (exact) mass is 490 g/mol. The van der Waals surface area contributed by atoms with Crippen LogP contribution in [0.3, 0.4) is 0 Å². The molecule has 0 aliphatic heterocycles. The van der Waals surface area contributed by atoms with Crippen molar-refractivity contribution >= 4 is 33.2 Å². The Hall–Kier alpha value is -2.58. The van der Waals surface area contributed by atoms with Crippen LogP contribution in [0, 0.1) is 6.92 Å². The summed E-state index contributed by atoms with van der Waals surface area (Å²) < 4.78 is 16.8. The number of ether oxygens (including phenoxy) is 3. The predicted molar refractivity (Wildman–Crippen MR) is 122 cm³/mol. The molecule has 30 heavy (non-hydrogen) atoms. The molecule has 0 fully saturated rings. The van der Waals surface area contributed by atoms with Crippen molar-refractivity contribution in [3.8, 4) is 27.8 Å². The van der Waals surface area contributed by atoms with Crippen molar-refractivity contribution in [1.29, 1.82) is 0 Å². The maximum Gasteiger partial charge on any atom is 0.263 e. The number of benzene rings is 2. The third-order valence-corrected chi connectivity index (χ3v) is 6.52. The molecule has 0 saturated heterocycles. The Morgan fingerprint density at radius 3 is 2.37 bits per heavy atom. The Kier molecular flexibility index (Phi) is 7.33. The van der Waals surface area contributed by atoms with Gasteiger partial charge in [-0.2, -0.15) is 0 Å². The maximum atomic E-state index is 12.7. The van der Waals surface area contributed by atoms with Crippen molar-refractivity contribution < 1.29 is 19.0 Å². The molecule has 0 bridgehead atoms. The van der Waals surface area contributed by atoms with E-state index in [0.29, 0.717) is 29.3 Å². The summed E-state index contributed by atoms with van der Waals surface area (Å²) in [6, 6.07) is 11.4. The van der Waals surface area contributed by atoms with E-state index < -0.39 is 0 Å². The summed E-state index contributed by atoms with van der Waals surface area (Å²) in [6.45, 7) is 2.34. The molecule has 0 radical (unpaired) electrons. The van der Waals surface area contributed by atoms with Gasteiger partial charge in [0.15, 0.2) is 11.5 Å². The molecule has 1 aromatic heterocycles. The van der Waals surface area contributed by atoms with Crippen molar-refractivity contribution in [2.75, 3.05) is 27.9 Å². The van der Waals surface area contributed by atoms with Crippen LogP contribution in [-0.2, 0) is 6.42 Å². The Morgan fingerprint density at radius 1 is 1.07 bits per heavy atom. The van der Waals surface area contributed by atoms with Crippen LogP contribution in [0.15, 0.2) is 40.9 Å². The molecule has 0 atom stereocenters. The number of carbonyl (C=O) groups excluding carboxylic acids is 1. The highest BCUT2D eigenvalue weighted by Crippen LogP contribution is 2.33. The molecule has 3 aromatic rings. The van der Waals surface area contributed by atoms with Gasteiger partial charge in [-0.15, -0.1) is 11.3 Å². The van der Waals surface area contributed by atoms with Crippen LogP contribution in [0.2, 0.25) is 0 Å². The zero-order valence-corrected chi connectivity index (χ0v) is 19.6. The normalized spacial score (nSPS) is 10.6. The predicted octanol–water partition coefficient (Wildman–Crippen LogP) is 4.88. The molecular weight excluding hydrogens is 468 g/mol. The molecule has 1 heterocycles.